The summed E-state index contributed by atoms with van der Waals surface area (Å²) in [7, 11) is 0. The number of amidine groups is 2. The van der Waals surface area contributed by atoms with Crippen LogP contribution < -0.4 is 5.32 Å². The third kappa shape index (κ3) is 4.29. The van der Waals surface area contributed by atoms with Crippen molar-refractivity contribution in [3.63, 3.8) is 0 Å². The van der Waals surface area contributed by atoms with Crippen molar-refractivity contribution < 1.29 is 4.42 Å². The number of hydrogen-bond acceptors (Lipinski definition) is 4. The second-order valence-electron chi connectivity index (χ2n) is 13.4. The Bertz CT molecular complexity index is 3080. The lowest BCUT2D eigenvalue weighted by Crippen LogP contribution is -2.33. The molecule has 3 heterocycles. The first-order valence-corrected chi connectivity index (χ1v) is 17.6. The van der Waals surface area contributed by atoms with Gasteiger partial charge in [0.05, 0.1) is 11.0 Å². The average molecular weight is 667 g/mol. The van der Waals surface area contributed by atoms with Gasteiger partial charge in [0.15, 0.2) is 11.4 Å². The summed E-state index contributed by atoms with van der Waals surface area (Å²) in [6.45, 7) is 0. The molecule has 5 nitrogen and oxygen atoms in total. The molecule has 0 amide bonds. The van der Waals surface area contributed by atoms with Crippen molar-refractivity contribution in [3.05, 3.63) is 187 Å². The summed E-state index contributed by atoms with van der Waals surface area (Å²) in [5.74, 6) is 1.49. The van der Waals surface area contributed by atoms with Crippen LogP contribution in [-0.2, 0) is 0 Å². The lowest BCUT2D eigenvalue weighted by atomic mass is 9.98. The largest absolute Gasteiger partial charge is 0.454 e. The van der Waals surface area contributed by atoms with Gasteiger partial charge in [-0.05, 0) is 52.1 Å². The second kappa shape index (κ2) is 11.3. The fraction of sp³-hybridized carbons (Fsp3) is 0.0213. The summed E-state index contributed by atoms with van der Waals surface area (Å²) in [5, 5.41) is 13.1. The molecule has 52 heavy (non-hydrogen) atoms. The minimum atomic E-state index is -0.262. The van der Waals surface area contributed by atoms with Crippen molar-refractivity contribution in [3.8, 4) is 5.69 Å². The zero-order valence-corrected chi connectivity index (χ0v) is 28.0. The molecule has 0 bridgehead atoms. The van der Waals surface area contributed by atoms with Crippen LogP contribution >= 0.6 is 0 Å². The number of nitrogens with zero attached hydrogens (tertiary/aromatic N) is 3. The first-order valence-electron chi connectivity index (χ1n) is 17.6. The minimum absolute atomic E-state index is 0.262. The summed E-state index contributed by atoms with van der Waals surface area (Å²) in [6.07, 6.45) is -0.262. The Morgan fingerprint density at radius 1 is 0.500 bits per heavy atom. The van der Waals surface area contributed by atoms with Crippen molar-refractivity contribution in [2.45, 2.75) is 6.17 Å². The van der Waals surface area contributed by atoms with E-state index in [1.54, 1.807) is 0 Å². The molecule has 0 fully saturated rings. The summed E-state index contributed by atoms with van der Waals surface area (Å²) in [4.78, 5) is 10.1. The maximum Gasteiger partial charge on any atom is 0.160 e. The van der Waals surface area contributed by atoms with Gasteiger partial charge in [-0.1, -0.05) is 140 Å². The van der Waals surface area contributed by atoms with E-state index in [-0.39, 0.29) is 6.17 Å². The standard InChI is InChI=1S/C47H30N4O/c1-3-14-30(15-4-1)45-48-46(31-16-5-2-6-17-31)50-47(49-45)32-23-26-33(27-24-32)51-42-34-18-8-7-13-29(34)25-28-38(42)40-35-19-9-10-20-36(35)41-37-21-11-12-22-39(37)52-44(41)43(40)51/h1-28,45H,(H,48,49,50). The Morgan fingerprint density at radius 2 is 1.15 bits per heavy atom. The fourth-order valence-corrected chi connectivity index (χ4v) is 8.08. The van der Waals surface area contributed by atoms with Gasteiger partial charge in [0.25, 0.3) is 0 Å². The van der Waals surface area contributed by atoms with Gasteiger partial charge in [-0.15, -0.1) is 0 Å². The minimum Gasteiger partial charge on any atom is -0.454 e. The van der Waals surface area contributed by atoms with Crippen LogP contribution in [0.1, 0.15) is 22.9 Å². The number of hydrogen-bond donors (Lipinski definition) is 1. The van der Waals surface area contributed by atoms with E-state index in [1.807, 2.05) is 42.5 Å². The van der Waals surface area contributed by atoms with E-state index in [2.05, 4.69) is 137 Å². The lowest BCUT2D eigenvalue weighted by Gasteiger charge is -2.23. The van der Waals surface area contributed by atoms with Crippen LogP contribution in [0.3, 0.4) is 0 Å². The molecule has 0 saturated heterocycles. The number of furan rings is 1. The highest BCUT2D eigenvalue weighted by Gasteiger charge is 2.25. The normalized spacial score (nSPS) is 14.7. The monoisotopic (exact) mass is 666 g/mol. The van der Waals surface area contributed by atoms with Gasteiger partial charge in [0.2, 0.25) is 0 Å². The molecule has 1 N–H and O–H groups in total. The van der Waals surface area contributed by atoms with Crippen molar-refractivity contribution in [1.29, 1.82) is 0 Å². The molecule has 244 valence electrons. The fourth-order valence-electron chi connectivity index (χ4n) is 8.08. The molecule has 11 rings (SSSR count). The summed E-state index contributed by atoms with van der Waals surface area (Å²) < 4.78 is 9.25. The quantitative estimate of drug-likeness (QED) is 0.203. The molecule has 10 aromatic rings. The van der Waals surface area contributed by atoms with Crippen LogP contribution in [-0.4, -0.2) is 16.2 Å². The molecule has 0 spiro atoms. The van der Waals surface area contributed by atoms with E-state index < -0.39 is 0 Å². The van der Waals surface area contributed by atoms with Crippen LogP contribution in [0.4, 0.5) is 0 Å². The number of nitrogens with one attached hydrogen (secondary N) is 1. The second-order valence-corrected chi connectivity index (χ2v) is 13.4. The number of aromatic nitrogens is 1. The Hall–Kier alpha value is -6.98. The van der Waals surface area contributed by atoms with Crippen molar-refractivity contribution in [2.75, 3.05) is 0 Å². The van der Waals surface area contributed by atoms with Gasteiger partial charge in [0, 0.05) is 43.7 Å². The van der Waals surface area contributed by atoms with Gasteiger partial charge in [-0.2, -0.15) is 0 Å². The maximum atomic E-state index is 6.84. The van der Waals surface area contributed by atoms with Crippen molar-refractivity contribution in [2.24, 2.45) is 9.98 Å². The molecule has 1 aliphatic heterocycles. The number of benzene rings is 8. The zero-order chi connectivity index (χ0) is 34.2. The first-order chi connectivity index (χ1) is 25.8. The number of aliphatic imine (C=N–C) groups is 2. The Labute approximate surface area is 298 Å². The van der Waals surface area contributed by atoms with Crippen LogP contribution in [0.25, 0.3) is 71.0 Å². The van der Waals surface area contributed by atoms with Gasteiger partial charge in [-0.25, -0.2) is 9.98 Å². The molecule has 0 saturated carbocycles. The van der Waals surface area contributed by atoms with Gasteiger partial charge in [-0.3, -0.25) is 0 Å². The summed E-state index contributed by atoms with van der Waals surface area (Å²) in [6, 6.07) is 59.6. The van der Waals surface area contributed by atoms with Crippen LogP contribution in [0.2, 0.25) is 0 Å². The predicted octanol–water partition coefficient (Wildman–Crippen LogP) is 11.5. The van der Waals surface area contributed by atoms with E-state index in [9.17, 15) is 0 Å². The Kier molecular flexibility index (Phi) is 6.25. The van der Waals surface area contributed by atoms with Crippen molar-refractivity contribution in [1.82, 2.24) is 9.88 Å². The topological polar surface area (TPSA) is 54.8 Å². The van der Waals surface area contributed by atoms with E-state index >= 15 is 0 Å². The predicted molar refractivity (Wildman–Crippen MR) is 215 cm³/mol. The molecule has 2 aromatic heterocycles. The molecular weight excluding hydrogens is 637 g/mol. The van der Waals surface area contributed by atoms with Crippen LogP contribution in [0, 0.1) is 0 Å². The average Bonchev–Trinajstić information content (AvgIpc) is 3.79. The van der Waals surface area contributed by atoms with Crippen molar-refractivity contribution >= 4 is 77.0 Å². The third-order valence-electron chi connectivity index (χ3n) is 10.4. The highest BCUT2D eigenvalue weighted by Crippen LogP contribution is 2.47. The van der Waals surface area contributed by atoms with Gasteiger partial charge < -0.3 is 14.3 Å². The SMILES string of the molecule is c1ccc(C2=NC(c3ccccc3)NC(c3ccc(-n4c5c6ccccc6ccc5c5c6ccccc6c6c7ccccc7oc6c54)cc3)=N2)cc1. The molecule has 8 aromatic carbocycles. The number of para-hydroxylation sites is 1. The van der Waals surface area contributed by atoms with E-state index in [0.29, 0.717) is 5.84 Å². The van der Waals surface area contributed by atoms with E-state index in [4.69, 9.17) is 14.4 Å². The third-order valence-corrected chi connectivity index (χ3v) is 10.4. The molecule has 1 unspecified atom stereocenters. The van der Waals surface area contributed by atoms with E-state index in [0.717, 1.165) is 61.2 Å². The first kappa shape index (κ1) is 28.8. The molecule has 1 aliphatic rings. The molecule has 1 atom stereocenters. The summed E-state index contributed by atoms with van der Waals surface area (Å²) in [5.41, 5.74) is 8.11. The molecule has 0 aliphatic carbocycles. The molecule has 5 heteroatoms. The lowest BCUT2D eigenvalue weighted by molar-refractivity contribution is 0.671. The van der Waals surface area contributed by atoms with Gasteiger partial charge in [0.1, 0.15) is 17.6 Å². The highest BCUT2D eigenvalue weighted by molar-refractivity contribution is 6.36. The molecular formula is C47H30N4O. The van der Waals surface area contributed by atoms with Crippen LogP contribution in [0.5, 0.6) is 0 Å². The van der Waals surface area contributed by atoms with E-state index in [1.165, 1.54) is 32.3 Å². The number of fused-ring (bicyclic) bond motifs is 12. The zero-order valence-electron chi connectivity index (χ0n) is 28.0. The Morgan fingerprint density at radius 3 is 1.94 bits per heavy atom. The summed E-state index contributed by atoms with van der Waals surface area (Å²) >= 11 is 0. The Balaban J connectivity index is 1.17. The number of rotatable bonds is 4. The smallest absolute Gasteiger partial charge is 0.160 e. The highest BCUT2D eigenvalue weighted by atomic mass is 16.3. The maximum absolute atomic E-state index is 6.84. The molecule has 0 radical (unpaired) electrons. The van der Waals surface area contributed by atoms with Crippen LogP contribution in [0.15, 0.2) is 184 Å². The van der Waals surface area contributed by atoms with Gasteiger partial charge >= 0.3 is 0 Å².